The Bertz CT molecular complexity index is 441. The molecule has 0 bridgehead atoms. The summed E-state index contributed by atoms with van der Waals surface area (Å²) < 4.78 is 0. The first-order valence-electron chi connectivity index (χ1n) is 8.28. The Balaban J connectivity index is 2.20. The topological polar surface area (TPSA) is 101 Å². The number of aliphatic imine (C=N–C) groups is 2. The fourth-order valence-corrected chi connectivity index (χ4v) is 1.87. The summed E-state index contributed by atoms with van der Waals surface area (Å²) in [6.45, 7) is 6.49. The van der Waals surface area contributed by atoms with Crippen LogP contribution in [0.5, 0.6) is 0 Å². The van der Waals surface area contributed by atoms with Crippen molar-refractivity contribution in [1.82, 2.24) is 10.6 Å². The van der Waals surface area contributed by atoms with Crippen molar-refractivity contribution in [2.45, 2.75) is 6.42 Å². The second-order valence-corrected chi connectivity index (χ2v) is 5.17. The van der Waals surface area contributed by atoms with Gasteiger partial charge in [-0.3, -0.25) is 9.98 Å². The maximum Gasteiger partial charge on any atom is 0.0514 e. The Kier molecular flexibility index (Phi) is 11.9. The highest BCUT2D eigenvalue weighted by atomic mass is 14.9. The van der Waals surface area contributed by atoms with Gasteiger partial charge >= 0.3 is 0 Å². The fraction of sp³-hybridized carbons (Fsp3) is 0.529. The van der Waals surface area contributed by atoms with Crippen LogP contribution in [-0.2, 0) is 0 Å². The summed E-state index contributed by atoms with van der Waals surface area (Å²) in [6, 6.07) is 8.22. The molecule has 0 aliphatic carbocycles. The van der Waals surface area contributed by atoms with Crippen LogP contribution in [0.4, 0.5) is 0 Å². The van der Waals surface area contributed by atoms with E-state index in [1.54, 1.807) is 0 Å². The summed E-state index contributed by atoms with van der Waals surface area (Å²) in [4.78, 5) is 8.78. The van der Waals surface area contributed by atoms with E-state index in [1.807, 2.05) is 12.4 Å². The number of nitrogens with zero attached hydrogens (tertiary/aromatic N) is 2. The maximum atomic E-state index is 5.43. The van der Waals surface area contributed by atoms with Crippen molar-refractivity contribution in [2.24, 2.45) is 21.5 Å². The van der Waals surface area contributed by atoms with Crippen molar-refractivity contribution in [3.05, 3.63) is 35.4 Å². The molecule has 0 heterocycles. The molecule has 128 valence electrons. The molecule has 0 aromatic heterocycles. The Morgan fingerprint density at radius 1 is 0.739 bits per heavy atom. The van der Waals surface area contributed by atoms with Gasteiger partial charge in [0.25, 0.3) is 0 Å². The predicted octanol–water partition coefficient (Wildman–Crippen LogP) is 0.0111. The van der Waals surface area contributed by atoms with E-state index in [0.717, 1.165) is 63.4 Å². The number of hydrogen-bond acceptors (Lipinski definition) is 6. The largest absolute Gasteiger partial charge is 0.330 e. The summed E-state index contributed by atoms with van der Waals surface area (Å²) in [5.74, 6) is 0. The van der Waals surface area contributed by atoms with Gasteiger partial charge in [0.15, 0.2) is 0 Å². The lowest BCUT2D eigenvalue weighted by Crippen LogP contribution is -2.24. The average molecular weight is 318 g/mol. The van der Waals surface area contributed by atoms with Crippen LogP contribution in [0.3, 0.4) is 0 Å². The minimum Gasteiger partial charge on any atom is -0.330 e. The smallest absolute Gasteiger partial charge is 0.0514 e. The van der Waals surface area contributed by atoms with E-state index in [0.29, 0.717) is 6.54 Å². The standard InChI is InChI=1S/C17H30N6/c18-6-1-8-20-10-12-22-14-16-2-4-17(5-3-16)15-23-13-11-21-9-7-19/h2-5,14-15,20-21H,1,6-13,18-19H2. The Morgan fingerprint density at radius 3 is 1.74 bits per heavy atom. The fourth-order valence-electron chi connectivity index (χ4n) is 1.87. The molecule has 0 fully saturated rings. The normalized spacial score (nSPS) is 11.7. The van der Waals surface area contributed by atoms with E-state index < -0.39 is 0 Å². The Labute approximate surface area is 139 Å². The van der Waals surface area contributed by atoms with Gasteiger partial charge in [-0.05, 0) is 30.6 Å². The predicted molar refractivity (Wildman–Crippen MR) is 99.8 cm³/mol. The van der Waals surface area contributed by atoms with Gasteiger partial charge < -0.3 is 22.1 Å². The zero-order valence-corrected chi connectivity index (χ0v) is 13.9. The monoisotopic (exact) mass is 318 g/mol. The van der Waals surface area contributed by atoms with Crippen LogP contribution in [0.25, 0.3) is 0 Å². The van der Waals surface area contributed by atoms with Gasteiger partial charge in [-0.15, -0.1) is 0 Å². The first-order valence-corrected chi connectivity index (χ1v) is 8.28. The third kappa shape index (κ3) is 10.7. The van der Waals surface area contributed by atoms with Crippen molar-refractivity contribution < 1.29 is 0 Å². The molecule has 0 radical (unpaired) electrons. The van der Waals surface area contributed by atoms with Gasteiger partial charge in [0.1, 0.15) is 0 Å². The second kappa shape index (κ2) is 14.0. The van der Waals surface area contributed by atoms with Crippen LogP contribution in [0.2, 0.25) is 0 Å². The van der Waals surface area contributed by atoms with E-state index in [9.17, 15) is 0 Å². The molecule has 0 saturated heterocycles. The van der Waals surface area contributed by atoms with Gasteiger partial charge in [-0.1, -0.05) is 24.3 Å². The molecule has 6 N–H and O–H groups in total. The first kappa shape index (κ1) is 19.4. The number of benzene rings is 1. The first-order chi connectivity index (χ1) is 11.4. The lowest BCUT2D eigenvalue weighted by atomic mass is 10.1. The van der Waals surface area contributed by atoms with Crippen LogP contribution in [-0.4, -0.2) is 64.8 Å². The van der Waals surface area contributed by atoms with Crippen molar-refractivity contribution in [3.63, 3.8) is 0 Å². The van der Waals surface area contributed by atoms with Gasteiger partial charge in [0, 0.05) is 38.6 Å². The van der Waals surface area contributed by atoms with E-state index in [4.69, 9.17) is 11.5 Å². The summed E-state index contributed by atoms with van der Waals surface area (Å²) in [6.07, 6.45) is 4.81. The van der Waals surface area contributed by atoms with Crippen LogP contribution in [0.15, 0.2) is 34.3 Å². The highest BCUT2D eigenvalue weighted by Crippen LogP contribution is 2.00. The minimum atomic E-state index is 0.663. The minimum absolute atomic E-state index is 0.663. The van der Waals surface area contributed by atoms with Gasteiger partial charge in [0.2, 0.25) is 0 Å². The quantitative estimate of drug-likeness (QED) is 0.304. The summed E-state index contributed by atoms with van der Waals surface area (Å²) in [7, 11) is 0. The SMILES string of the molecule is NCCCNCCN=Cc1ccc(C=NCCNCCN)cc1. The third-order valence-electron chi connectivity index (χ3n) is 3.13. The average Bonchev–Trinajstić information content (AvgIpc) is 2.58. The van der Waals surface area contributed by atoms with Crippen molar-refractivity contribution >= 4 is 12.4 Å². The van der Waals surface area contributed by atoms with Gasteiger partial charge in [0.05, 0.1) is 13.1 Å². The number of nitrogens with one attached hydrogen (secondary N) is 2. The number of nitrogens with two attached hydrogens (primary N) is 2. The molecule has 1 rings (SSSR count). The van der Waals surface area contributed by atoms with E-state index in [1.165, 1.54) is 0 Å². The van der Waals surface area contributed by atoms with Crippen LogP contribution >= 0.6 is 0 Å². The molecule has 23 heavy (non-hydrogen) atoms. The lowest BCUT2D eigenvalue weighted by molar-refractivity contribution is 0.660. The van der Waals surface area contributed by atoms with Crippen molar-refractivity contribution in [2.75, 3.05) is 52.4 Å². The van der Waals surface area contributed by atoms with E-state index in [-0.39, 0.29) is 0 Å². The van der Waals surface area contributed by atoms with E-state index in [2.05, 4.69) is 44.9 Å². The number of rotatable bonds is 13. The molecule has 0 saturated carbocycles. The Morgan fingerprint density at radius 2 is 1.26 bits per heavy atom. The lowest BCUT2D eigenvalue weighted by Gasteiger charge is -2.00. The molecule has 0 spiro atoms. The van der Waals surface area contributed by atoms with Crippen molar-refractivity contribution in [3.8, 4) is 0 Å². The van der Waals surface area contributed by atoms with Crippen molar-refractivity contribution in [1.29, 1.82) is 0 Å². The molecule has 1 aromatic carbocycles. The number of hydrogen-bond donors (Lipinski definition) is 4. The third-order valence-corrected chi connectivity index (χ3v) is 3.13. The summed E-state index contributed by atoms with van der Waals surface area (Å²) in [5.41, 5.74) is 13.0. The molecule has 0 unspecified atom stereocenters. The Hall–Kier alpha value is -1.60. The van der Waals surface area contributed by atoms with Crippen LogP contribution < -0.4 is 22.1 Å². The molecule has 1 aromatic rings. The van der Waals surface area contributed by atoms with Gasteiger partial charge in [-0.25, -0.2) is 0 Å². The maximum absolute atomic E-state index is 5.43. The van der Waals surface area contributed by atoms with E-state index >= 15 is 0 Å². The second-order valence-electron chi connectivity index (χ2n) is 5.17. The highest BCUT2D eigenvalue weighted by Gasteiger charge is 1.90. The molecule has 0 amide bonds. The molecular formula is C17H30N6. The molecule has 6 nitrogen and oxygen atoms in total. The summed E-state index contributed by atoms with van der Waals surface area (Å²) >= 11 is 0. The van der Waals surface area contributed by atoms with Crippen LogP contribution in [0.1, 0.15) is 17.5 Å². The van der Waals surface area contributed by atoms with Gasteiger partial charge in [-0.2, -0.15) is 0 Å². The summed E-state index contributed by atoms with van der Waals surface area (Å²) in [5, 5.41) is 6.51. The zero-order valence-electron chi connectivity index (χ0n) is 13.9. The van der Waals surface area contributed by atoms with Crippen LogP contribution in [0, 0.1) is 0 Å². The molecule has 0 atom stereocenters. The zero-order chi connectivity index (χ0) is 16.6. The highest BCUT2D eigenvalue weighted by molar-refractivity contribution is 5.84. The molecule has 0 aliphatic rings. The molecule has 0 aliphatic heterocycles. The molecule has 6 heteroatoms. The molecular weight excluding hydrogens is 288 g/mol.